The molecule has 2 aliphatic carbocycles. The number of aliphatic imine (C=N–C) groups is 1. The van der Waals surface area contributed by atoms with Crippen LogP contribution in [0.3, 0.4) is 0 Å². The van der Waals surface area contributed by atoms with Gasteiger partial charge < -0.3 is 15.5 Å². The third-order valence-corrected chi connectivity index (χ3v) is 5.81. The minimum Gasteiger partial charge on any atom is -0.353 e. The highest BCUT2D eigenvalue weighted by Crippen LogP contribution is 2.41. The van der Waals surface area contributed by atoms with Crippen molar-refractivity contribution in [1.29, 1.82) is 0 Å². The fraction of sp³-hybridized carbons (Fsp3) is 0.600. The Morgan fingerprint density at radius 1 is 1.22 bits per heavy atom. The molecule has 4 rings (SSSR count). The summed E-state index contributed by atoms with van der Waals surface area (Å²) in [6, 6.07) is 8.99. The quantitative estimate of drug-likeness (QED) is 0.594. The molecule has 2 N–H and O–H groups in total. The third-order valence-electron chi connectivity index (χ3n) is 5.58. The second kappa shape index (κ2) is 8.07. The number of hydrogen-bond acceptors (Lipinski definition) is 3. The number of halogens is 1. The highest BCUT2D eigenvalue weighted by atomic mass is 35.5. The maximum atomic E-state index is 12.0. The van der Waals surface area contributed by atoms with E-state index in [0.29, 0.717) is 24.5 Å². The van der Waals surface area contributed by atoms with E-state index in [4.69, 9.17) is 11.6 Å². The standard InChI is InChI=1S/C20H28ClN5O/c1-22-20(24-18-12-17(18)14-3-2-4-15(21)11-14)26-9-7-25(8-10-26)13-19(27)23-16-5-6-16/h2-4,11,16-18H,5-10,12-13H2,1H3,(H,22,24)(H,23,27). The number of rotatable bonds is 5. The Balaban J connectivity index is 1.23. The van der Waals surface area contributed by atoms with Crippen LogP contribution < -0.4 is 10.6 Å². The van der Waals surface area contributed by atoms with Gasteiger partial charge in [0.2, 0.25) is 5.91 Å². The van der Waals surface area contributed by atoms with Gasteiger partial charge in [-0.3, -0.25) is 14.7 Å². The topological polar surface area (TPSA) is 60.0 Å². The zero-order valence-electron chi connectivity index (χ0n) is 15.8. The molecule has 146 valence electrons. The van der Waals surface area contributed by atoms with Crippen LogP contribution in [0.1, 0.15) is 30.7 Å². The van der Waals surface area contributed by atoms with Crippen LogP contribution in [0.2, 0.25) is 5.02 Å². The van der Waals surface area contributed by atoms with Crippen molar-refractivity contribution in [3.8, 4) is 0 Å². The van der Waals surface area contributed by atoms with Crippen LogP contribution in [0.4, 0.5) is 0 Å². The Bertz CT molecular complexity index is 712. The van der Waals surface area contributed by atoms with Crippen molar-refractivity contribution >= 4 is 23.5 Å². The number of carbonyl (C=O) groups excluding carboxylic acids is 1. The maximum Gasteiger partial charge on any atom is 0.234 e. The monoisotopic (exact) mass is 389 g/mol. The lowest BCUT2D eigenvalue weighted by atomic mass is 10.1. The fourth-order valence-electron chi connectivity index (χ4n) is 3.75. The zero-order chi connectivity index (χ0) is 18.8. The molecule has 1 aromatic carbocycles. The lowest BCUT2D eigenvalue weighted by Gasteiger charge is -2.36. The van der Waals surface area contributed by atoms with Gasteiger partial charge in [0, 0.05) is 56.3 Å². The van der Waals surface area contributed by atoms with E-state index in [2.05, 4.69) is 37.6 Å². The summed E-state index contributed by atoms with van der Waals surface area (Å²) in [7, 11) is 1.84. The van der Waals surface area contributed by atoms with Crippen molar-refractivity contribution in [3.63, 3.8) is 0 Å². The molecule has 0 spiro atoms. The van der Waals surface area contributed by atoms with Crippen LogP contribution in [0.25, 0.3) is 0 Å². The summed E-state index contributed by atoms with van der Waals surface area (Å²) < 4.78 is 0. The van der Waals surface area contributed by atoms with E-state index >= 15 is 0 Å². The Hall–Kier alpha value is -1.79. The molecule has 1 heterocycles. The molecule has 0 radical (unpaired) electrons. The summed E-state index contributed by atoms with van der Waals surface area (Å²) in [6.07, 6.45) is 3.39. The second-order valence-corrected chi connectivity index (χ2v) is 8.24. The van der Waals surface area contributed by atoms with E-state index in [-0.39, 0.29) is 5.91 Å². The first-order chi connectivity index (χ1) is 13.1. The smallest absolute Gasteiger partial charge is 0.234 e. The molecular formula is C20H28ClN5O. The number of hydrogen-bond donors (Lipinski definition) is 2. The van der Waals surface area contributed by atoms with Crippen molar-refractivity contribution in [2.75, 3.05) is 39.8 Å². The molecule has 3 aliphatic rings. The molecule has 1 saturated heterocycles. The van der Waals surface area contributed by atoms with Crippen LogP contribution >= 0.6 is 11.6 Å². The van der Waals surface area contributed by atoms with Gasteiger partial charge in [0.1, 0.15) is 0 Å². The van der Waals surface area contributed by atoms with Crippen LogP contribution in [-0.2, 0) is 4.79 Å². The Labute approximate surface area is 166 Å². The summed E-state index contributed by atoms with van der Waals surface area (Å²) in [5.74, 6) is 1.63. The van der Waals surface area contributed by atoms with Gasteiger partial charge in [-0.2, -0.15) is 0 Å². The van der Waals surface area contributed by atoms with Crippen molar-refractivity contribution in [1.82, 2.24) is 20.4 Å². The number of carbonyl (C=O) groups is 1. The maximum absolute atomic E-state index is 12.0. The fourth-order valence-corrected chi connectivity index (χ4v) is 3.94. The highest BCUT2D eigenvalue weighted by Gasteiger charge is 2.40. The third kappa shape index (κ3) is 4.93. The number of benzene rings is 1. The number of nitrogens with zero attached hydrogens (tertiary/aromatic N) is 3. The molecule has 2 atom stereocenters. The first-order valence-corrected chi connectivity index (χ1v) is 10.3. The summed E-state index contributed by atoms with van der Waals surface area (Å²) in [6.45, 7) is 4.08. The minimum absolute atomic E-state index is 0.163. The van der Waals surface area contributed by atoms with Crippen molar-refractivity contribution in [2.45, 2.75) is 37.3 Å². The molecule has 7 heteroatoms. The highest BCUT2D eigenvalue weighted by molar-refractivity contribution is 6.30. The summed E-state index contributed by atoms with van der Waals surface area (Å²) >= 11 is 6.11. The van der Waals surface area contributed by atoms with E-state index in [0.717, 1.165) is 56.4 Å². The first-order valence-electron chi connectivity index (χ1n) is 9.88. The lowest BCUT2D eigenvalue weighted by molar-refractivity contribution is -0.122. The predicted octanol–water partition coefficient (Wildman–Crippen LogP) is 1.67. The van der Waals surface area contributed by atoms with Gasteiger partial charge in [0.15, 0.2) is 5.96 Å². The van der Waals surface area contributed by atoms with Crippen molar-refractivity contribution in [2.24, 2.45) is 4.99 Å². The Morgan fingerprint density at radius 2 is 2.00 bits per heavy atom. The minimum atomic E-state index is 0.163. The van der Waals surface area contributed by atoms with Crippen molar-refractivity contribution < 1.29 is 4.79 Å². The van der Waals surface area contributed by atoms with Gasteiger partial charge in [0.25, 0.3) is 0 Å². The normalized spacial score (nSPS) is 26.0. The molecule has 2 saturated carbocycles. The van der Waals surface area contributed by atoms with E-state index < -0.39 is 0 Å². The number of nitrogens with one attached hydrogen (secondary N) is 2. The summed E-state index contributed by atoms with van der Waals surface area (Å²) in [4.78, 5) is 21.0. The molecule has 2 unspecified atom stereocenters. The molecule has 1 aliphatic heterocycles. The molecule has 0 bridgehead atoms. The second-order valence-electron chi connectivity index (χ2n) is 7.80. The molecular weight excluding hydrogens is 362 g/mol. The van der Waals surface area contributed by atoms with Crippen LogP contribution in [0.15, 0.2) is 29.3 Å². The van der Waals surface area contributed by atoms with Gasteiger partial charge in [-0.05, 0) is 37.0 Å². The van der Waals surface area contributed by atoms with Crippen LogP contribution in [0.5, 0.6) is 0 Å². The van der Waals surface area contributed by atoms with Gasteiger partial charge in [-0.15, -0.1) is 0 Å². The average Bonchev–Trinajstić information content (AvgIpc) is 3.57. The van der Waals surface area contributed by atoms with E-state index in [9.17, 15) is 4.79 Å². The molecule has 1 aromatic rings. The van der Waals surface area contributed by atoms with Crippen LogP contribution in [-0.4, -0.2) is 73.5 Å². The number of guanidine groups is 1. The number of piperazine rings is 1. The first kappa shape index (κ1) is 18.6. The Morgan fingerprint density at radius 3 is 2.67 bits per heavy atom. The van der Waals surface area contributed by atoms with Gasteiger partial charge >= 0.3 is 0 Å². The van der Waals surface area contributed by atoms with E-state index in [1.165, 1.54) is 5.56 Å². The Kier molecular flexibility index (Phi) is 5.55. The van der Waals surface area contributed by atoms with Gasteiger partial charge in [0.05, 0.1) is 6.54 Å². The summed E-state index contributed by atoms with van der Waals surface area (Å²) in [5.41, 5.74) is 1.29. The van der Waals surface area contributed by atoms with Gasteiger partial charge in [-0.25, -0.2) is 0 Å². The molecule has 1 amide bonds. The van der Waals surface area contributed by atoms with Crippen molar-refractivity contribution in [3.05, 3.63) is 34.9 Å². The molecule has 6 nitrogen and oxygen atoms in total. The average molecular weight is 390 g/mol. The molecule has 0 aromatic heterocycles. The lowest BCUT2D eigenvalue weighted by Crippen LogP contribution is -2.54. The van der Waals surface area contributed by atoms with E-state index in [1.807, 2.05) is 19.2 Å². The predicted molar refractivity (Wildman–Crippen MR) is 108 cm³/mol. The largest absolute Gasteiger partial charge is 0.353 e. The SMILES string of the molecule is CN=C(NC1CC1c1cccc(Cl)c1)N1CCN(CC(=O)NC2CC2)CC1. The molecule has 3 fully saturated rings. The van der Waals surface area contributed by atoms with Gasteiger partial charge in [-0.1, -0.05) is 23.7 Å². The van der Waals surface area contributed by atoms with Crippen LogP contribution in [0, 0.1) is 0 Å². The molecule has 27 heavy (non-hydrogen) atoms. The zero-order valence-corrected chi connectivity index (χ0v) is 16.6. The summed E-state index contributed by atoms with van der Waals surface area (Å²) in [5, 5.41) is 7.46. The number of amides is 1. The van der Waals surface area contributed by atoms with E-state index in [1.54, 1.807) is 0 Å².